The van der Waals surface area contributed by atoms with Crippen LogP contribution in [0, 0.1) is 13.8 Å². The molecule has 1 N–H and O–H groups in total. The summed E-state index contributed by atoms with van der Waals surface area (Å²) in [6.45, 7) is 4.20. The topological polar surface area (TPSA) is 39.1 Å². The fourth-order valence-corrected chi connectivity index (χ4v) is 2.51. The van der Waals surface area contributed by atoms with Crippen LogP contribution >= 0.6 is 0 Å². The number of ether oxygens (including phenoxy) is 1. The van der Waals surface area contributed by atoms with E-state index in [1.165, 1.54) is 22.4 Å². The van der Waals surface area contributed by atoms with Crippen molar-refractivity contribution in [3.05, 3.63) is 46.8 Å². The van der Waals surface area contributed by atoms with Gasteiger partial charge in [-0.2, -0.15) is 5.10 Å². The molecular formula is C16H23N3O. The lowest BCUT2D eigenvalue weighted by molar-refractivity contribution is 0.406. The molecule has 4 nitrogen and oxygen atoms in total. The van der Waals surface area contributed by atoms with Gasteiger partial charge in [0.15, 0.2) is 0 Å². The van der Waals surface area contributed by atoms with Crippen LogP contribution in [-0.4, -0.2) is 23.9 Å². The van der Waals surface area contributed by atoms with Crippen molar-refractivity contribution in [2.75, 3.05) is 14.2 Å². The highest BCUT2D eigenvalue weighted by atomic mass is 16.5. The second-order valence-electron chi connectivity index (χ2n) is 5.17. The van der Waals surface area contributed by atoms with E-state index in [4.69, 9.17) is 4.74 Å². The van der Waals surface area contributed by atoms with Crippen LogP contribution in [-0.2, 0) is 13.5 Å². The Labute approximate surface area is 120 Å². The first-order chi connectivity index (χ1) is 9.56. The third-order valence-electron chi connectivity index (χ3n) is 3.86. The van der Waals surface area contributed by atoms with Gasteiger partial charge in [-0.15, -0.1) is 0 Å². The van der Waals surface area contributed by atoms with E-state index in [1.807, 2.05) is 31.0 Å². The molecule has 108 valence electrons. The molecule has 0 saturated heterocycles. The number of methoxy groups -OCH3 is 1. The van der Waals surface area contributed by atoms with Crippen molar-refractivity contribution in [1.29, 1.82) is 0 Å². The first kappa shape index (κ1) is 14.6. The number of aryl methyl sites for hydroxylation is 2. The predicted molar refractivity (Wildman–Crippen MR) is 81.2 cm³/mol. The fourth-order valence-electron chi connectivity index (χ4n) is 2.51. The van der Waals surface area contributed by atoms with Crippen LogP contribution in [0.1, 0.15) is 28.4 Å². The fraction of sp³-hybridized carbons (Fsp3) is 0.438. The van der Waals surface area contributed by atoms with Crippen LogP contribution in [0.15, 0.2) is 24.4 Å². The van der Waals surface area contributed by atoms with E-state index in [9.17, 15) is 0 Å². The summed E-state index contributed by atoms with van der Waals surface area (Å²) < 4.78 is 7.38. The highest BCUT2D eigenvalue weighted by Gasteiger charge is 2.17. The largest absolute Gasteiger partial charge is 0.496 e. The molecule has 0 aliphatic heterocycles. The zero-order chi connectivity index (χ0) is 14.7. The number of rotatable bonds is 5. The Morgan fingerprint density at radius 2 is 2.10 bits per heavy atom. The first-order valence-corrected chi connectivity index (χ1v) is 6.86. The van der Waals surface area contributed by atoms with E-state index >= 15 is 0 Å². The molecule has 0 bridgehead atoms. The number of aromatic nitrogens is 2. The summed E-state index contributed by atoms with van der Waals surface area (Å²) in [6.07, 6.45) is 2.83. The lowest BCUT2D eigenvalue weighted by Gasteiger charge is -2.18. The van der Waals surface area contributed by atoms with Crippen molar-refractivity contribution in [2.45, 2.75) is 26.3 Å². The second-order valence-corrected chi connectivity index (χ2v) is 5.17. The lowest BCUT2D eigenvalue weighted by atomic mass is 9.97. The highest BCUT2D eigenvalue weighted by molar-refractivity contribution is 5.38. The van der Waals surface area contributed by atoms with Crippen molar-refractivity contribution < 1.29 is 4.74 Å². The smallest absolute Gasteiger partial charge is 0.122 e. The monoisotopic (exact) mass is 273 g/mol. The standard InChI is InChI=1S/C16H23N3O/c1-11-6-7-16(20-5)13(8-11)9-15(17-3)14-10-18-19(4)12(14)2/h6-8,10,15,17H,9H2,1-5H3. The number of nitrogens with zero attached hydrogens (tertiary/aromatic N) is 2. The minimum Gasteiger partial charge on any atom is -0.496 e. The van der Waals surface area contributed by atoms with Gasteiger partial charge >= 0.3 is 0 Å². The van der Waals surface area contributed by atoms with E-state index in [-0.39, 0.29) is 6.04 Å². The van der Waals surface area contributed by atoms with Gasteiger partial charge in [0, 0.05) is 24.3 Å². The maximum Gasteiger partial charge on any atom is 0.122 e. The molecule has 1 heterocycles. The maximum absolute atomic E-state index is 5.47. The molecule has 0 saturated carbocycles. The van der Waals surface area contributed by atoms with Crippen molar-refractivity contribution in [2.24, 2.45) is 7.05 Å². The molecule has 2 aromatic rings. The summed E-state index contributed by atoms with van der Waals surface area (Å²) in [7, 11) is 5.68. The zero-order valence-corrected chi connectivity index (χ0v) is 12.9. The Morgan fingerprint density at radius 1 is 1.35 bits per heavy atom. The molecule has 0 aliphatic carbocycles. The molecule has 0 fully saturated rings. The van der Waals surface area contributed by atoms with Gasteiger partial charge in [0.1, 0.15) is 5.75 Å². The zero-order valence-electron chi connectivity index (χ0n) is 12.9. The lowest BCUT2D eigenvalue weighted by Crippen LogP contribution is -2.20. The average molecular weight is 273 g/mol. The van der Waals surface area contributed by atoms with Gasteiger partial charge in [0.05, 0.1) is 13.3 Å². The van der Waals surface area contributed by atoms with Crippen LogP contribution in [0.4, 0.5) is 0 Å². The first-order valence-electron chi connectivity index (χ1n) is 6.86. The summed E-state index contributed by atoms with van der Waals surface area (Å²) in [4.78, 5) is 0. The van der Waals surface area contributed by atoms with E-state index in [0.29, 0.717) is 0 Å². The van der Waals surface area contributed by atoms with Gasteiger partial charge in [-0.25, -0.2) is 0 Å². The van der Waals surface area contributed by atoms with Crippen LogP contribution in [0.25, 0.3) is 0 Å². The Hall–Kier alpha value is -1.81. The Kier molecular flexibility index (Phi) is 4.45. The Morgan fingerprint density at radius 3 is 2.65 bits per heavy atom. The van der Waals surface area contributed by atoms with Crippen molar-refractivity contribution >= 4 is 0 Å². The Balaban J connectivity index is 2.31. The summed E-state index contributed by atoms with van der Waals surface area (Å²) in [6, 6.07) is 6.54. The van der Waals surface area contributed by atoms with Crippen LogP contribution in [0.3, 0.4) is 0 Å². The summed E-state index contributed by atoms with van der Waals surface area (Å²) in [5.41, 5.74) is 4.89. The molecule has 1 atom stereocenters. The minimum atomic E-state index is 0.236. The van der Waals surface area contributed by atoms with Crippen molar-refractivity contribution in [3.8, 4) is 5.75 Å². The van der Waals surface area contributed by atoms with Gasteiger partial charge in [-0.1, -0.05) is 17.7 Å². The molecule has 0 spiro atoms. The van der Waals surface area contributed by atoms with Gasteiger partial charge in [0.2, 0.25) is 0 Å². The van der Waals surface area contributed by atoms with Crippen molar-refractivity contribution in [1.82, 2.24) is 15.1 Å². The van der Waals surface area contributed by atoms with Gasteiger partial charge in [0.25, 0.3) is 0 Å². The molecule has 1 unspecified atom stereocenters. The molecule has 1 aromatic carbocycles. The van der Waals surface area contributed by atoms with Crippen molar-refractivity contribution in [3.63, 3.8) is 0 Å². The normalized spacial score (nSPS) is 12.4. The summed E-state index contributed by atoms with van der Waals surface area (Å²) in [5, 5.41) is 7.72. The van der Waals surface area contributed by atoms with E-state index in [0.717, 1.165) is 12.2 Å². The number of hydrogen-bond acceptors (Lipinski definition) is 3. The number of hydrogen-bond donors (Lipinski definition) is 1. The summed E-state index contributed by atoms with van der Waals surface area (Å²) >= 11 is 0. The number of likely N-dealkylation sites (N-methyl/N-ethyl adjacent to an activating group) is 1. The molecule has 0 amide bonds. The average Bonchev–Trinajstić information content (AvgIpc) is 2.77. The van der Waals surface area contributed by atoms with Crippen LogP contribution in [0.2, 0.25) is 0 Å². The van der Waals surface area contributed by atoms with E-state index in [1.54, 1.807) is 7.11 Å². The Bertz CT molecular complexity index is 589. The number of benzene rings is 1. The third kappa shape index (κ3) is 2.85. The molecule has 20 heavy (non-hydrogen) atoms. The van der Waals surface area contributed by atoms with Gasteiger partial charge < -0.3 is 10.1 Å². The van der Waals surface area contributed by atoms with Gasteiger partial charge in [-0.3, -0.25) is 4.68 Å². The van der Waals surface area contributed by atoms with E-state index < -0.39 is 0 Å². The third-order valence-corrected chi connectivity index (χ3v) is 3.86. The quantitative estimate of drug-likeness (QED) is 0.910. The van der Waals surface area contributed by atoms with Crippen LogP contribution in [0.5, 0.6) is 5.75 Å². The highest BCUT2D eigenvalue weighted by Crippen LogP contribution is 2.27. The maximum atomic E-state index is 5.47. The molecule has 4 heteroatoms. The second kappa shape index (κ2) is 6.09. The summed E-state index contributed by atoms with van der Waals surface area (Å²) in [5.74, 6) is 0.942. The molecule has 0 radical (unpaired) electrons. The predicted octanol–water partition coefficient (Wildman–Crippen LogP) is 2.55. The van der Waals surface area contributed by atoms with E-state index in [2.05, 4.69) is 36.4 Å². The molecule has 0 aliphatic rings. The van der Waals surface area contributed by atoms with Gasteiger partial charge in [-0.05, 0) is 38.9 Å². The molecular weight excluding hydrogens is 250 g/mol. The van der Waals surface area contributed by atoms with Crippen LogP contribution < -0.4 is 10.1 Å². The molecule has 1 aromatic heterocycles. The number of nitrogens with one attached hydrogen (secondary N) is 1. The minimum absolute atomic E-state index is 0.236. The molecule has 2 rings (SSSR count). The SMILES string of the molecule is CNC(Cc1cc(C)ccc1OC)c1cnn(C)c1C.